The van der Waals surface area contributed by atoms with Gasteiger partial charge in [-0.3, -0.25) is 4.79 Å². The molecule has 2 N–H and O–H groups in total. The normalized spacial score (nSPS) is 13.5. The molecule has 3 rings (SSSR count). The third kappa shape index (κ3) is 3.91. The van der Waals surface area contributed by atoms with Gasteiger partial charge in [-0.05, 0) is 31.4 Å². The van der Waals surface area contributed by atoms with Crippen molar-refractivity contribution in [2.24, 2.45) is 0 Å². The molecule has 0 saturated heterocycles. The highest BCUT2D eigenvalue weighted by Crippen LogP contribution is 2.13. The maximum Gasteiger partial charge on any atom is 0.291 e. The van der Waals surface area contributed by atoms with Crippen LogP contribution in [0.4, 0.5) is 5.95 Å². The lowest BCUT2D eigenvalue weighted by atomic mass is 10.1. The molecular formula is C17H23N5O2. The molecule has 2 heterocycles. The first-order valence-electron chi connectivity index (χ1n) is 8.29. The molecule has 7 heteroatoms. The van der Waals surface area contributed by atoms with Crippen LogP contribution in [-0.4, -0.2) is 33.3 Å². The molecule has 0 unspecified atom stereocenters. The highest BCUT2D eigenvalue weighted by atomic mass is 16.5. The van der Waals surface area contributed by atoms with E-state index in [2.05, 4.69) is 20.7 Å². The number of carbonyl (C=O) groups excluding carboxylic acids is 1. The van der Waals surface area contributed by atoms with Gasteiger partial charge in [0.05, 0.1) is 12.7 Å². The van der Waals surface area contributed by atoms with Gasteiger partial charge >= 0.3 is 0 Å². The quantitative estimate of drug-likeness (QED) is 0.846. The fourth-order valence-electron chi connectivity index (χ4n) is 2.54. The summed E-state index contributed by atoms with van der Waals surface area (Å²) >= 11 is 0. The van der Waals surface area contributed by atoms with E-state index in [-0.39, 0.29) is 17.8 Å². The van der Waals surface area contributed by atoms with Gasteiger partial charge in [-0.15, -0.1) is 5.10 Å². The minimum atomic E-state index is -0.265. The number of rotatable bonds is 6. The van der Waals surface area contributed by atoms with Crippen LogP contribution in [0.2, 0.25) is 0 Å². The van der Waals surface area contributed by atoms with Crippen molar-refractivity contribution in [3.63, 3.8) is 0 Å². The van der Waals surface area contributed by atoms with E-state index < -0.39 is 0 Å². The minimum Gasteiger partial charge on any atom is -0.374 e. The van der Waals surface area contributed by atoms with E-state index in [4.69, 9.17) is 4.74 Å². The topological polar surface area (TPSA) is 81.1 Å². The minimum absolute atomic E-state index is 0.168. The summed E-state index contributed by atoms with van der Waals surface area (Å²) in [5.74, 6) is 0.603. The van der Waals surface area contributed by atoms with Crippen molar-refractivity contribution < 1.29 is 9.53 Å². The third-order valence-electron chi connectivity index (χ3n) is 3.83. The first-order chi connectivity index (χ1) is 11.6. The van der Waals surface area contributed by atoms with Crippen molar-refractivity contribution >= 4 is 11.9 Å². The van der Waals surface area contributed by atoms with Gasteiger partial charge in [0.2, 0.25) is 11.8 Å². The number of hydrogen-bond donors (Lipinski definition) is 2. The summed E-state index contributed by atoms with van der Waals surface area (Å²) in [6.45, 7) is 6.62. The van der Waals surface area contributed by atoms with E-state index in [1.165, 1.54) is 0 Å². The molecule has 0 saturated carbocycles. The second kappa shape index (κ2) is 7.44. The smallest absolute Gasteiger partial charge is 0.291 e. The maximum absolute atomic E-state index is 12.3. The Labute approximate surface area is 141 Å². The number of hydrogen-bond acceptors (Lipinski definition) is 5. The van der Waals surface area contributed by atoms with Crippen LogP contribution in [0.15, 0.2) is 24.3 Å². The SMILES string of the molecule is CC(C)OCc1ccccc1CNC(=O)c1nc2n(n1)CCCN2. The lowest BCUT2D eigenvalue weighted by Crippen LogP contribution is -2.25. The van der Waals surface area contributed by atoms with Crippen LogP contribution in [0.25, 0.3) is 0 Å². The van der Waals surface area contributed by atoms with E-state index in [1.54, 1.807) is 4.68 Å². The predicted molar refractivity (Wildman–Crippen MR) is 90.7 cm³/mol. The Morgan fingerprint density at radius 2 is 2.17 bits per heavy atom. The van der Waals surface area contributed by atoms with Crippen molar-refractivity contribution in [2.75, 3.05) is 11.9 Å². The number of nitrogens with one attached hydrogen (secondary N) is 2. The number of amides is 1. The molecule has 24 heavy (non-hydrogen) atoms. The largest absolute Gasteiger partial charge is 0.374 e. The second-order valence-corrected chi connectivity index (χ2v) is 6.07. The van der Waals surface area contributed by atoms with E-state index in [9.17, 15) is 4.79 Å². The van der Waals surface area contributed by atoms with Gasteiger partial charge in [-0.25, -0.2) is 4.68 Å². The Kier molecular flexibility index (Phi) is 5.10. The van der Waals surface area contributed by atoms with Crippen LogP contribution < -0.4 is 10.6 Å². The molecule has 2 aromatic rings. The number of aromatic nitrogens is 3. The van der Waals surface area contributed by atoms with E-state index in [0.29, 0.717) is 19.1 Å². The first-order valence-corrected chi connectivity index (χ1v) is 8.29. The monoisotopic (exact) mass is 329 g/mol. The Hall–Kier alpha value is -2.41. The zero-order valence-electron chi connectivity index (χ0n) is 14.1. The summed E-state index contributed by atoms with van der Waals surface area (Å²) in [7, 11) is 0. The number of carbonyl (C=O) groups is 1. The second-order valence-electron chi connectivity index (χ2n) is 6.07. The van der Waals surface area contributed by atoms with Crippen molar-refractivity contribution in [1.82, 2.24) is 20.1 Å². The standard InChI is InChI=1S/C17H23N5O2/c1-12(2)24-11-14-7-4-3-6-13(14)10-19-16(23)15-20-17-18-8-5-9-22(17)21-15/h3-4,6-7,12H,5,8-11H2,1-2H3,(H,19,23)(H,18,20,21). The van der Waals surface area contributed by atoms with Crippen molar-refractivity contribution in [1.29, 1.82) is 0 Å². The summed E-state index contributed by atoms with van der Waals surface area (Å²) in [6.07, 6.45) is 1.15. The molecule has 128 valence electrons. The fraction of sp³-hybridized carbons (Fsp3) is 0.471. The number of benzene rings is 1. The Balaban J connectivity index is 1.63. The van der Waals surface area contributed by atoms with Crippen LogP contribution in [0.3, 0.4) is 0 Å². The summed E-state index contributed by atoms with van der Waals surface area (Å²) in [5.41, 5.74) is 2.11. The Morgan fingerprint density at radius 3 is 2.92 bits per heavy atom. The molecule has 7 nitrogen and oxygen atoms in total. The van der Waals surface area contributed by atoms with Gasteiger partial charge in [-0.1, -0.05) is 24.3 Å². The van der Waals surface area contributed by atoms with Crippen LogP contribution in [0, 0.1) is 0 Å². The van der Waals surface area contributed by atoms with Gasteiger partial charge in [0.25, 0.3) is 5.91 Å². The summed E-state index contributed by atoms with van der Waals surface area (Å²) in [6, 6.07) is 7.94. The van der Waals surface area contributed by atoms with Crippen molar-refractivity contribution in [3.8, 4) is 0 Å². The van der Waals surface area contributed by atoms with Gasteiger partial charge in [0.15, 0.2) is 0 Å². The molecule has 0 aliphatic carbocycles. The van der Waals surface area contributed by atoms with Crippen LogP contribution >= 0.6 is 0 Å². The molecule has 0 radical (unpaired) electrons. The molecule has 1 aliphatic rings. The number of anilines is 1. The van der Waals surface area contributed by atoms with E-state index >= 15 is 0 Å². The Bertz CT molecular complexity index is 687. The molecule has 1 amide bonds. The van der Waals surface area contributed by atoms with Crippen molar-refractivity contribution in [2.45, 2.75) is 46.1 Å². The van der Waals surface area contributed by atoms with Gasteiger partial charge in [0.1, 0.15) is 0 Å². The summed E-state index contributed by atoms with van der Waals surface area (Å²) in [4.78, 5) is 16.6. The lowest BCUT2D eigenvalue weighted by molar-refractivity contribution is 0.0651. The van der Waals surface area contributed by atoms with Crippen LogP contribution in [0.5, 0.6) is 0 Å². The molecule has 1 aromatic heterocycles. The molecule has 1 aromatic carbocycles. The average molecular weight is 329 g/mol. The molecule has 0 spiro atoms. The molecule has 0 bridgehead atoms. The maximum atomic E-state index is 12.3. The number of ether oxygens (including phenoxy) is 1. The summed E-state index contributed by atoms with van der Waals surface area (Å²) < 4.78 is 7.41. The van der Waals surface area contributed by atoms with Crippen LogP contribution in [-0.2, 0) is 24.4 Å². The number of aryl methyl sites for hydroxylation is 1. The molecule has 0 fully saturated rings. The highest BCUT2D eigenvalue weighted by Gasteiger charge is 2.18. The molecule has 0 atom stereocenters. The van der Waals surface area contributed by atoms with E-state index in [0.717, 1.165) is 30.6 Å². The zero-order valence-corrected chi connectivity index (χ0v) is 14.1. The van der Waals surface area contributed by atoms with Crippen LogP contribution in [0.1, 0.15) is 42.0 Å². The van der Waals surface area contributed by atoms with E-state index in [1.807, 2.05) is 38.1 Å². The predicted octanol–water partition coefficient (Wildman–Crippen LogP) is 1.95. The first kappa shape index (κ1) is 16.4. The van der Waals surface area contributed by atoms with Crippen molar-refractivity contribution in [3.05, 3.63) is 41.2 Å². The Morgan fingerprint density at radius 1 is 1.38 bits per heavy atom. The lowest BCUT2D eigenvalue weighted by Gasteiger charge is -2.12. The average Bonchev–Trinajstić information content (AvgIpc) is 3.02. The highest BCUT2D eigenvalue weighted by molar-refractivity contribution is 5.90. The molecular weight excluding hydrogens is 306 g/mol. The molecule has 1 aliphatic heterocycles. The summed E-state index contributed by atoms with van der Waals surface area (Å²) in [5, 5.41) is 10.3. The fourth-order valence-corrected chi connectivity index (χ4v) is 2.54. The van der Waals surface area contributed by atoms with Gasteiger partial charge in [-0.2, -0.15) is 4.98 Å². The third-order valence-corrected chi connectivity index (χ3v) is 3.83. The number of nitrogens with zero attached hydrogens (tertiary/aromatic N) is 3. The van der Waals surface area contributed by atoms with Gasteiger partial charge < -0.3 is 15.4 Å². The zero-order chi connectivity index (χ0) is 16.9. The van der Waals surface area contributed by atoms with Gasteiger partial charge in [0, 0.05) is 19.6 Å². The number of fused-ring (bicyclic) bond motifs is 1.